The molecule has 0 bridgehead atoms. The minimum Gasteiger partial charge on any atom is -0.359 e. The molecule has 0 radical (unpaired) electrons. The normalized spacial score (nSPS) is 14.0. The van der Waals surface area contributed by atoms with E-state index in [9.17, 15) is 4.79 Å². The molecule has 1 N–H and O–H groups in total. The minimum atomic E-state index is -0.0309. The van der Waals surface area contributed by atoms with E-state index >= 15 is 0 Å². The van der Waals surface area contributed by atoms with E-state index in [1.165, 1.54) is 0 Å². The molecule has 0 aromatic heterocycles. The van der Waals surface area contributed by atoms with Crippen molar-refractivity contribution in [1.29, 1.82) is 0 Å². The maximum absolute atomic E-state index is 11.2. The van der Waals surface area contributed by atoms with Crippen LogP contribution in [0.2, 0.25) is 0 Å². The Morgan fingerprint density at radius 2 is 2.33 bits per heavy atom. The van der Waals surface area contributed by atoms with E-state index in [1.807, 2.05) is 31.2 Å². The van der Waals surface area contributed by atoms with Gasteiger partial charge in [-0.3, -0.25) is 4.79 Å². The molecule has 0 saturated carbocycles. The SMILES string of the molecule is C=C(CC(=O)NC)C1=C=CC(C)=CC=C1. The molecule has 0 saturated heterocycles. The molecule has 2 nitrogen and oxygen atoms in total. The molecule has 1 amide bonds. The van der Waals surface area contributed by atoms with Gasteiger partial charge in [0.1, 0.15) is 0 Å². The average Bonchev–Trinajstić information content (AvgIpc) is 2.42. The number of carbonyl (C=O) groups is 1. The zero-order chi connectivity index (χ0) is 11.3. The van der Waals surface area contributed by atoms with Crippen molar-refractivity contribution in [2.24, 2.45) is 0 Å². The Kier molecular flexibility index (Phi) is 3.90. The Hall–Kier alpha value is -1.79. The molecule has 0 spiro atoms. The summed E-state index contributed by atoms with van der Waals surface area (Å²) in [6, 6.07) is 0. The van der Waals surface area contributed by atoms with Gasteiger partial charge in [-0.25, -0.2) is 0 Å². The first-order valence-electron chi connectivity index (χ1n) is 4.84. The Morgan fingerprint density at radius 1 is 1.60 bits per heavy atom. The van der Waals surface area contributed by atoms with Crippen LogP contribution in [0.1, 0.15) is 13.3 Å². The van der Waals surface area contributed by atoms with Gasteiger partial charge in [-0.1, -0.05) is 18.7 Å². The molecule has 0 atom stereocenters. The van der Waals surface area contributed by atoms with Crippen LogP contribution in [0.5, 0.6) is 0 Å². The fourth-order valence-corrected chi connectivity index (χ4v) is 1.18. The van der Waals surface area contributed by atoms with Gasteiger partial charge in [0.2, 0.25) is 5.91 Å². The predicted molar refractivity (Wildman–Crippen MR) is 62.3 cm³/mol. The molecular formula is C13H15NO. The van der Waals surface area contributed by atoms with Gasteiger partial charge in [0.15, 0.2) is 0 Å². The van der Waals surface area contributed by atoms with Gasteiger partial charge >= 0.3 is 0 Å². The van der Waals surface area contributed by atoms with Crippen LogP contribution in [-0.4, -0.2) is 13.0 Å². The standard InChI is InChI=1S/C13H15NO/c1-10-5-4-6-12(8-7-10)11(2)9-13(15)14-3/h4-7H,2,9H2,1,3H3,(H,14,15). The van der Waals surface area contributed by atoms with Crippen LogP contribution in [0.25, 0.3) is 0 Å². The Bertz CT molecular complexity index is 404. The number of nitrogens with one attached hydrogen (secondary N) is 1. The van der Waals surface area contributed by atoms with Crippen LogP contribution in [0.4, 0.5) is 0 Å². The summed E-state index contributed by atoms with van der Waals surface area (Å²) in [5.41, 5.74) is 5.91. The van der Waals surface area contributed by atoms with Gasteiger partial charge in [0, 0.05) is 12.6 Å². The lowest BCUT2D eigenvalue weighted by molar-refractivity contribution is -0.119. The molecule has 0 fully saturated rings. The first kappa shape index (κ1) is 11.3. The fraction of sp³-hybridized carbons (Fsp3) is 0.231. The van der Waals surface area contributed by atoms with Gasteiger partial charge in [0.05, 0.1) is 6.42 Å². The topological polar surface area (TPSA) is 29.1 Å². The van der Waals surface area contributed by atoms with Crippen molar-refractivity contribution in [3.8, 4) is 0 Å². The number of hydrogen-bond donors (Lipinski definition) is 1. The van der Waals surface area contributed by atoms with Gasteiger partial charge in [-0.2, -0.15) is 0 Å². The van der Waals surface area contributed by atoms with Crippen molar-refractivity contribution >= 4 is 5.91 Å². The smallest absolute Gasteiger partial charge is 0.224 e. The monoisotopic (exact) mass is 201 g/mol. The maximum Gasteiger partial charge on any atom is 0.224 e. The molecule has 1 rings (SSSR count). The minimum absolute atomic E-state index is 0.0309. The molecule has 0 aliphatic heterocycles. The summed E-state index contributed by atoms with van der Waals surface area (Å²) in [4.78, 5) is 11.2. The van der Waals surface area contributed by atoms with E-state index in [1.54, 1.807) is 7.05 Å². The van der Waals surface area contributed by atoms with E-state index < -0.39 is 0 Å². The van der Waals surface area contributed by atoms with Crippen LogP contribution in [-0.2, 0) is 4.79 Å². The lowest BCUT2D eigenvalue weighted by Crippen LogP contribution is -2.17. The molecule has 78 valence electrons. The molecule has 2 heteroatoms. The van der Waals surface area contributed by atoms with E-state index in [0.717, 1.165) is 16.7 Å². The van der Waals surface area contributed by atoms with E-state index in [4.69, 9.17) is 0 Å². The van der Waals surface area contributed by atoms with Crippen molar-refractivity contribution in [3.05, 3.63) is 53.3 Å². The number of carbonyl (C=O) groups excluding carboxylic acids is 1. The van der Waals surface area contributed by atoms with Gasteiger partial charge in [0.25, 0.3) is 0 Å². The molecule has 0 unspecified atom stereocenters. The van der Waals surface area contributed by atoms with E-state index in [-0.39, 0.29) is 5.91 Å². The largest absolute Gasteiger partial charge is 0.359 e. The summed E-state index contributed by atoms with van der Waals surface area (Å²) in [5.74, 6) is -0.0309. The number of rotatable bonds is 3. The second-order valence-corrected chi connectivity index (χ2v) is 3.43. The van der Waals surface area contributed by atoms with E-state index in [2.05, 4.69) is 17.6 Å². The van der Waals surface area contributed by atoms with Crippen molar-refractivity contribution in [3.63, 3.8) is 0 Å². The summed E-state index contributed by atoms with van der Waals surface area (Å²) < 4.78 is 0. The first-order chi connectivity index (χ1) is 7.13. The predicted octanol–water partition coefficient (Wildman–Crippen LogP) is 2.28. The summed E-state index contributed by atoms with van der Waals surface area (Å²) in [6.45, 7) is 5.88. The molecule has 15 heavy (non-hydrogen) atoms. The number of allylic oxidation sites excluding steroid dienone is 5. The molecule has 0 aromatic carbocycles. The number of hydrogen-bond acceptors (Lipinski definition) is 1. The molecule has 0 heterocycles. The fourth-order valence-electron chi connectivity index (χ4n) is 1.18. The van der Waals surface area contributed by atoms with E-state index in [0.29, 0.717) is 6.42 Å². The second kappa shape index (κ2) is 5.18. The highest BCUT2D eigenvalue weighted by atomic mass is 16.1. The summed E-state index contributed by atoms with van der Waals surface area (Å²) in [7, 11) is 1.62. The summed E-state index contributed by atoms with van der Waals surface area (Å²) in [5, 5.41) is 2.57. The van der Waals surface area contributed by atoms with Crippen LogP contribution < -0.4 is 5.32 Å². The average molecular weight is 201 g/mol. The van der Waals surface area contributed by atoms with Crippen molar-refractivity contribution < 1.29 is 4.79 Å². The van der Waals surface area contributed by atoms with Crippen molar-refractivity contribution in [1.82, 2.24) is 5.32 Å². The Morgan fingerprint density at radius 3 is 3.00 bits per heavy atom. The summed E-state index contributed by atoms with van der Waals surface area (Å²) >= 11 is 0. The zero-order valence-electron chi connectivity index (χ0n) is 9.13. The van der Waals surface area contributed by atoms with Gasteiger partial charge in [-0.15, -0.1) is 5.73 Å². The van der Waals surface area contributed by atoms with Crippen LogP contribution in [0.15, 0.2) is 53.3 Å². The summed E-state index contributed by atoms with van der Waals surface area (Å²) in [6.07, 6.45) is 8.06. The maximum atomic E-state index is 11.2. The van der Waals surface area contributed by atoms with Crippen molar-refractivity contribution in [2.45, 2.75) is 13.3 Å². The molecule has 0 aromatic rings. The second-order valence-electron chi connectivity index (χ2n) is 3.43. The Labute approximate surface area is 90.4 Å². The molecule has 1 aliphatic rings. The lowest BCUT2D eigenvalue weighted by atomic mass is 10.1. The highest BCUT2D eigenvalue weighted by Crippen LogP contribution is 2.14. The first-order valence-corrected chi connectivity index (χ1v) is 4.84. The third-order valence-electron chi connectivity index (χ3n) is 2.11. The quantitative estimate of drug-likeness (QED) is 0.697. The van der Waals surface area contributed by atoms with Crippen LogP contribution >= 0.6 is 0 Å². The van der Waals surface area contributed by atoms with Crippen LogP contribution in [0, 0.1) is 0 Å². The zero-order valence-corrected chi connectivity index (χ0v) is 9.13. The van der Waals surface area contributed by atoms with Crippen LogP contribution in [0.3, 0.4) is 0 Å². The third kappa shape index (κ3) is 3.45. The van der Waals surface area contributed by atoms with Gasteiger partial charge < -0.3 is 5.32 Å². The molecular weight excluding hydrogens is 186 g/mol. The molecule has 1 aliphatic carbocycles. The number of amides is 1. The highest BCUT2D eigenvalue weighted by molar-refractivity contribution is 5.79. The third-order valence-corrected chi connectivity index (χ3v) is 2.11. The highest BCUT2D eigenvalue weighted by Gasteiger charge is 2.05. The lowest BCUT2D eigenvalue weighted by Gasteiger charge is -2.02. The Balaban J connectivity index is 2.78. The van der Waals surface area contributed by atoms with Gasteiger partial charge in [-0.05, 0) is 30.2 Å². The van der Waals surface area contributed by atoms with Crippen molar-refractivity contribution in [2.75, 3.05) is 7.05 Å².